The summed E-state index contributed by atoms with van der Waals surface area (Å²) in [7, 11) is 1.75. The Morgan fingerprint density at radius 2 is 2.00 bits per heavy atom. The van der Waals surface area contributed by atoms with Gasteiger partial charge in [0.15, 0.2) is 11.6 Å². The fraction of sp³-hybridized carbons (Fsp3) is 0.267. The number of hydrogen-bond donors (Lipinski definition) is 4. The van der Waals surface area contributed by atoms with E-state index in [1.807, 2.05) is 12.1 Å². The van der Waals surface area contributed by atoms with Gasteiger partial charge < -0.3 is 26.0 Å². The molecule has 2 aromatic carbocycles. The van der Waals surface area contributed by atoms with E-state index in [-0.39, 0.29) is 5.69 Å². The van der Waals surface area contributed by atoms with Crippen molar-refractivity contribution in [2.75, 3.05) is 35.7 Å². The molecule has 1 atom stereocenters. The average molecular weight is 572 g/mol. The van der Waals surface area contributed by atoms with Gasteiger partial charge in [-0.3, -0.25) is 4.79 Å². The standard InChI is InChI=1S/C27H29FN8O.C3H5NO/c1-16-5-4-12-36(14-16)24-11-9-21-26(34-24)27(32-15-31-21)33-20-8-10-23(17(2)25(20)28)37-18-6-7-19(30-3)22(13-18)35-29;1-2-3(4)5/h6-11,13,15-16,29-30H,4-5,12,14H2,1-3H3,(H,31,32,33);2H,1H2,(H2,4,5)/t16-;/m0./s1. The molecule has 1 aliphatic heterocycles. The third kappa shape index (κ3) is 6.95. The predicted molar refractivity (Wildman–Crippen MR) is 163 cm³/mol. The highest BCUT2D eigenvalue weighted by Crippen LogP contribution is 2.36. The van der Waals surface area contributed by atoms with E-state index >= 15 is 4.39 Å². The normalized spacial score (nSPS) is 14.4. The van der Waals surface area contributed by atoms with E-state index in [2.05, 4.69) is 49.9 Å². The van der Waals surface area contributed by atoms with Crippen LogP contribution in [0.3, 0.4) is 0 Å². The molecular weight excluding hydrogens is 537 g/mol. The molecule has 0 unspecified atom stereocenters. The Morgan fingerprint density at radius 1 is 1.24 bits per heavy atom. The predicted octanol–water partition coefficient (Wildman–Crippen LogP) is 6.61. The molecule has 4 aromatic rings. The van der Waals surface area contributed by atoms with Crippen LogP contribution in [0.25, 0.3) is 11.0 Å². The van der Waals surface area contributed by atoms with Crippen molar-refractivity contribution in [1.29, 1.82) is 5.53 Å². The Balaban J connectivity index is 0.000000748. The van der Waals surface area contributed by atoms with Gasteiger partial charge in [0, 0.05) is 31.8 Å². The lowest BCUT2D eigenvalue weighted by Crippen LogP contribution is -2.34. The number of pyridine rings is 1. The summed E-state index contributed by atoms with van der Waals surface area (Å²) in [4.78, 5) is 25.3. The molecule has 42 heavy (non-hydrogen) atoms. The number of anilines is 4. The summed E-state index contributed by atoms with van der Waals surface area (Å²) in [6.45, 7) is 8.91. The number of nitrogens with one attached hydrogen (secondary N) is 3. The second kappa shape index (κ2) is 13.5. The minimum Gasteiger partial charge on any atom is -0.457 e. The molecule has 5 rings (SSSR count). The summed E-state index contributed by atoms with van der Waals surface area (Å²) < 4.78 is 21.4. The Kier molecular flexibility index (Phi) is 9.58. The van der Waals surface area contributed by atoms with E-state index in [9.17, 15) is 4.79 Å². The van der Waals surface area contributed by atoms with Gasteiger partial charge in [0.25, 0.3) is 0 Å². The van der Waals surface area contributed by atoms with Crippen molar-refractivity contribution < 1.29 is 13.9 Å². The van der Waals surface area contributed by atoms with Crippen LogP contribution in [0.2, 0.25) is 0 Å². The maximum atomic E-state index is 15.5. The largest absolute Gasteiger partial charge is 0.457 e. The number of fused-ring (bicyclic) bond motifs is 1. The van der Waals surface area contributed by atoms with Crippen LogP contribution in [-0.2, 0) is 4.79 Å². The number of carbonyl (C=O) groups excluding carboxylic acids is 1. The van der Waals surface area contributed by atoms with Gasteiger partial charge >= 0.3 is 0 Å². The van der Waals surface area contributed by atoms with Gasteiger partial charge in [0.2, 0.25) is 5.91 Å². The number of nitrogens with two attached hydrogens (primary N) is 1. The summed E-state index contributed by atoms with van der Waals surface area (Å²) in [5.41, 5.74) is 14.9. The topological polar surface area (TPSA) is 154 Å². The molecule has 1 aliphatic rings. The molecule has 1 amide bonds. The lowest BCUT2D eigenvalue weighted by Gasteiger charge is -2.32. The summed E-state index contributed by atoms with van der Waals surface area (Å²) in [5.74, 6) is 1.81. The lowest BCUT2D eigenvalue weighted by molar-refractivity contribution is -0.113. The molecule has 1 fully saturated rings. The number of ether oxygens (including phenoxy) is 1. The monoisotopic (exact) mass is 571 g/mol. The molecule has 1 saturated heterocycles. The second-order valence-corrected chi connectivity index (χ2v) is 9.88. The summed E-state index contributed by atoms with van der Waals surface area (Å²) >= 11 is 0. The summed E-state index contributed by atoms with van der Waals surface area (Å²) in [5, 5.41) is 9.59. The number of carbonyl (C=O) groups is 1. The molecule has 5 N–H and O–H groups in total. The van der Waals surface area contributed by atoms with Crippen molar-refractivity contribution in [3.63, 3.8) is 0 Å². The zero-order valence-electron chi connectivity index (χ0n) is 23.8. The maximum absolute atomic E-state index is 15.5. The SMILES string of the molecule is C=CC(N)=O.CNc1ccc(Oc2ccc(Nc3ncnc4ccc(N5CCC[C@H](C)C5)nc34)c(F)c2C)cc1N=N. The minimum atomic E-state index is -0.481. The third-order valence-electron chi connectivity index (χ3n) is 6.83. The fourth-order valence-corrected chi connectivity index (χ4v) is 4.60. The van der Waals surface area contributed by atoms with Crippen LogP contribution < -0.4 is 26.0 Å². The molecule has 2 aromatic heterocycles. The minimum absolute atomic E-state index is 0.260. The van der Waals surface area contributed by atoms with E-state index in [1.54, 1.807) is 44.3 Å². The molecule has 0 radical (unpaired) electrons. The molecule has 12 heteroatoms. The van der Waals surface area contributed by atoms with Crippen LogP contribution in [0, 0.1) is 24.2 Å². The van der Waals surface area contributed by atoms with Crippen molar-refractivity contribution in [2.24, 2.45) is 16.8 Å². The van der Waals surface area contributed by atoms with E-state index in [0.29, 0.717) is 51.2 Å². The molecule has 11 nitrogen and oxygen atoms in total. The van der Waals surface area contributed by atoms with Crippen molar-refractivity contribution >= 4 is 45.6 Å². The molecular formula is C30H34FN9O2. The van der Waals surface area contributed by atoms with Gasteiger partial charge in [-0.1, -0.05) is 13.5 Å². The Morgan fingerprint density at radius 3 is 2.69 bits per heavy atom. The number of hydrogen-bond acceptors (Lipinski definition) is 10. The van der Waals surface area contributed by atoms with Gasteiger partial charge in [-0.2, -0.15) is 5.11 Å². The van der Waals surface area contributed by atoms with Crippen LogP contribution in [-0.4, -0.2) is 41.0 Å². The molecule has 0 saturated carbocycles. The van der Waals surface area contributed by atoms with Gasteiger partial charge in [-0.15, -0.1) is 0 Å². The van der Waals surface area contributed by atoms with E-state index in [0.717, 1.165) is 31.4 Å². The quantitative estimate of drug-likeness (QED) is 0.136. The number of rotatable bonds is 8. The van der Waals surface area contributed by atoms with Gasteiger partial charge in [-0.05, 0) is 68.2 Å². The Labute approximate surface area is 243 Å². The number of amides is 1. The van der Waals surface area contributed by atoms with Crippen LogP contribution in [0.15, 0.2) is 66.6 Å². The smallest absolute Gasteiger partial charge is 0.240 e. The fourth-order valence-electron chi connectivity index (χ4n) is 4.60. The zero-order valence-corrected chi connectivity index (χ0v) is 23.8. The molecule has 0 bridgehead atoms. The highest BCUT2D eigenvalue weighted by atomic mass is 19.1. The number of benzene rings is 2. The van der Waals surface area contributed by atoms with Gasteiger partial charge in [0.05, 0.1) is 16.9 Å². The number of halogens is 1. The van der Waals surface area contributed by atoms with Crippen LogP contribution in [0.1, 0.15) is 25.3 Å². The third-order valence-corrected chi connectivity index (χ3v) is 6.83. The summed E-state index contributed by atoms with van der Waals surface area (Å²) in [6, 6.07) is 12.3. The first-order chi connectivity index (χ1) is 20.2. The number of nitrogens with zero attached hydrogens (tertiary/aromatic N) is 5. The zero-order chi connectivity index (χ0) is 30.2. The highest BCUT2D eigenvalue weighted by molar-refractivity contribution is 5.88. The molecule has 0 aliphatic carbocycles. The van der Waals surface area contributed by atoms with Gasteiger partial charge in [-0.25, -0.2) is 24.9 Å². The molecule has 0 spiro atoms. The molecule has 3 heterocycles. The van der Waals surface area contributed by atoms with Crippen molar-refractivity contribution in [3.05, 3.63) is 72.8 Å². The van der Waals surface area contributed by atoms with E-state index < -0.39 is 11.7 Å². The first kappa shape index (κ1) is 29.8. The van der Waals surface area contributed by atoms with Crippen molar-refractivity contribution in [2.45, 2.75) is 26.7 Å². The van der Waals surface area contributed by atoms with Crippen LogP contribution >= 0.6 is 0 Å². The number of primary amides is 1. The Hall–Kier alpha value is -5.13. The number of aromatic nitrogens is 3. The van der Waals surface area contributed by atoms with Gasteiger partial charge in [0.1, 0.15) is 34.8 Å². The first-order valence-corrected chi connectivity index (χ1v) is 13.5. The van der Waals surface area contributed by atoms with Crippen LogP contribution in [0.4, 0.5) is 33.1 Å². The van der Waals surface area contributed by atoms with E-state index in [1.165, 1.54) is 12.7 Å². The lowest BCUT2D eigenvalue weighted by atomic mass is 10.0. The second-order valence-electron chi connectivity index (χ2n) is 9.88. The number of piperidine rings is 1. The van der Waals surface area contributed by atoms with E-state index in [4.69, 9.17) is 15.3 Å². The Bertz CT molecular complexity index is 1610. The first-order valence-electron chi connectivity index (χ1n) is 13.5. The van der Waals surface area contributed by atoms with Crippen LogP contribution in [0.5, 0.6) is 11.5 Å². The summed E-state index contributed by atoms with van der Waals surface area (Å²) in [6.07, 6.45) is 4.86. The average Bonchev–Trinajstić information content (AvgIpc) is 3.01. The molecule has 218 valence electrons. The maximum Gasteiger partial charge on any atom is 0.240 e. The highest BCUT2D eigenvalue weighted by Gasteiger charge is 2.19. The van der Waals surface area contributed by atoms with Crippen molar-refractivity contribution in [3.8, 4) is 11.5 Å². The van der Waals surface area contributed by atoms with Crippen molar-refractivity contribution in [1.82, 2.24) is 15.0 Å².